The number of benzene rings is 1. The van der Waals surface area contributed by atoms with Crippen LogP contribution in [0.2, 0.25) is 5.02 Å². The van der Waals surface area contributed by atoms with Gasteiger partial charge in [-0.2, -0.15) is 0 Å². The second-order valence-corrected chi connectivity index (χ2v) is 5.58. The first-order valence-electron chi connectivity index (χ1n) is 5.61. The van der Waals surface area contributed by atoms with E-state index in [1.807, 2.05) is 0 Å². The Morgan fingerprint density at radius 1 is 1.32 bits per heavy atom. The van der Waals surface area contributed by atoms with Crippen molar-refractivity contribution < 1.29 is 14.3 Å². The number of hydrogen-bond acceptors (Lipinski definition) is 3. The molecule has 0 bridgehead atoms. The first kappa shape index (κ1) is 15.8. The van der Waals surface area contributed by atoms with E-state index < -0.39 is 11.7 Å². The average molecular weight is 304 g/mol. The fraction of sp³-hybridized carbons (Fsp3) is 0.385. The molecule has 0 heterocycles. The van der Waals surface area contributed by atoms with Crippen LogP contribution in [0.4, 0.5) is 10.5 Å². The predicted octanol–water partition coefficient (Wildman–Crippen LogP) is 4.11. The van der Waals surface area contributed by atoms with Crippen molar-refractivity contribution in [2.24, 2.45) is 0 Å². The van der Waals surface area contributed by atoms with Gasteiger partial charge in [0.05, 0.1) is 11.6 Å². The number of ether oxygens (including phenoxy) is 1. The molecule has 0 aliphatic heterocycles. The molecule has 1 aromatic carbocycles. The second-order valence-electron chi connectivity index (χ2n) is 4.87. The number of halogens is 2. The van der Waals surface area contributed by atoms with Crippen molar-refractivity contribution in [3.63, 3.8) is 0 Å². The highest BCUT2D eigenvalue weighted by Gasteiger charge is 2.18. The van der Waals surface area contributed by atoms with Gasteiger partial charge in [0.1, 0.15) is 5.60 Å². The smallest absolute Gasteiger partial charge is 0.412 e. The monoisotopic (exact) mass is 303 g/mol. The fourth-order valence-electron chi connectivity index (χ4n) is 1.35. The number of Topliss-reactive ketones (excluding diaryl/α,β-unsaturated/α-hetero) is 1. The lowest BCUT2D eigenvalue weighted by atomic mass is 10.1. The third-order valence-corrected chi connectivity index (χ3v) is 2.52. The second kappa shape index (κ2) is 6.26. The lowest BCUT2D eigenvalue weighted by Crippen LogP contribution is -2.27. The van der Waals surface area contributed by atoms with E-state index in [0.717, 1.165) is 0 Å². The third kappa shape index (κ3) is 5.09. The van der Waals surface area contributed by atoms with Crippen molar-refractivity contribution in [1.82, 2.24) is 0 Å². The molecule has 6 heteroatoms. The van der Waals surface area contributed by atoms with Gasteiger partial charge in [0.25, 0.3) is 0 Å². The molecule has 0 spiro atoms. The summed E-state index contributed by atoms with van der Waals surface area (Å²) in [6.07, 6.45) is -0.654. The molecule has 0 fully saturated rings. The molecule has 0 saturated heterocycles. The van der Waals surface area contributed by atoms with Gasteiger partial charge >= 0.3 is 6.09 Å². The van der Waals surface area contributed by atoms with Crippen LogP contribution in [-0.4, -0.2) is 23.4 Å². The first-order valence-corrected chi connectivity index (χ1v) is 6.53. The summed E-state index contributed by atoms with van der Waals surface area (Å²) >= 11 is 11.4. The molecular weight excluding hydrogens is 289 g/mol. The zero-order chi connectivity index (χ0) is 14.6. The number of rotatable bonds is 3. The highest BCUT2D eigenvalue weighted by Crippen LogP contribution is 2.23. The van der Waals surface area contributed by atoms with E-state index in [1.54, 1.807) is 26.8 Å². The van der Waals surface area contributed by atoms with Crippen LogP contribution in [0.3, 0.4) is 0 Å². The van der Waals surface area contributed by atoms with Gasteiger partial charge in [-0.25, -0.2) is 4.79 Å². The highest BCUT2D eigenvalue weighted by atomic mass is 35.5. The van der Waals surface area contributed by atoms with Crippen LogP contribution in [0.5, 0.6) is 0 Å². The summed E-state index contributed by atoms with van der Waals surface area (Å²) in [7, 11) is 0. The van der Waals surface area contributed by atoms with Gasteiger partial charge in [-0.05, 0) is 39.0 Å². The molecule has 0 atom stereocenters. The van der Waals surface area contributed by atoms with E-state index >= 15 is 0 Å². The third-order valence-electron chi connectivity index (χ3n) is 2.04. The Morgan fingerprint density at radius 3 is 2.47 bits per heavy atom. The molecular formula is C13H15Cl2NO3. The molecule has 1 amide bonds. The van der Waals surface area contributed by atoms with E-state index in [9.17, 15) is 9.59 Å². The Labute approximate surface area is 122 Å². The van der Waals surface area contributed by atoms with Crippen molar-refractivity contribution >= 4 is 40.8 Å². The van der Waals surface area contributed by atoms with Crippen molar-refractivity contribution in [1.29, 1.82) is 0 Å². The molecule has 4 nitrogen and oxygen atoms in total. The molecule has 19 heavy (non-hydrogen) atoms. The number of amides is 1. The molecule has 0 saturated carbocycles. The van der Waals surface area contributed by atoms with E-state index in [1.165, 1.54) is 12.1 Å². The topological polar surface area (TPSA) is 55.4 Å². The minimum absolute atomic E-state index is 0.176. The van der Waals surface area contributed by atoms with Gasteiger partial charge in [0.2, 0.25) is 0 Å². The van der Waals surface area contributed by atoms with Gasteiger partial charge < -0.3 is 4.74 Å². The molecule has 0 radical (unpaired) electrons. The summed E-state index contributed by atoms with van der Waals surface area (Å²) in [6.45, 7) is 5.24. The van der Waals surface area contributed by atoms with E-state index in [-0.39, 0.29) is 17.4 Å². The number of anilines is 1. The van der Waals surface area contributed by atoms with Crippen LogP contribution in [0.25, 0.3) is 0 Å². The van der Waals surface area contributed by atoms with E-state index in [2.05, 4.69) is 5.32 Å². The SMILES string of the molecule is CC(C)(C)OC(=O)Nc1cc(Cl)ccc1C(=O)CCl. The molecule has 0 aliphatic carbocycles. The van der Waals surface area contributed by atoms with Gasteiger partial charge in [0, 0.05) is 10.6 Å². The van der Waals surface area contributed by atoms with Crippen LogP contribution >= 0.6 is 23.2 Å². The number of nitrogens with one attached hydrogen (secondary N) is 1. The van der Waals surface area contributed by atoms with Crippen LogP contribution in [0.15, 0.2) is 18.2 Å². The number of carbonyl (C=O) groups is 2. The van der Waals surface area contributed by atoms with Crippen LogP contribution in [0, 0.1) is 0 Å². The summed E-state index contributed by atoms with van der Waals surface area (Å²) in [6, 6.07) is 4.55. The first-order chi connectivity index (χ1) is 8.73. The molecule has 1 N–H and O–H groups in total. The maximum absolute atomic E-state index is 11.7. The summed E-state index contributed by atoms with van der Waals surface area (Å²) in [5, 5.41) is 2.90. The standard InChI is InChI=1S/C13H15Cl2NO3/c1-13(2,3)19-12(18)16-10-6-8(15)4-5-9(10)11(17)7-14/h4-6H,7H2,1-3H3,(H,16,18). The Morgan fingerprint density at radius 2 is 1.95 bits per heavy atom. The number of hydrogen-bond donors (Lipinski definition) is 1. The maximum Gasteiger partial charge on any atom is 0.412 e. The van der Waals surface area contributed by atoms with Crippen LogP contribution < -0.4 is 5.32 Å². The number of alkyl halides is 1. The summed E-state index contributed by atoms with van der Waals surface area (Å²) in [5.41, 5.74) is -0.0445. The Hall–Kier alpha value is -1.26. The van der Waals surface area contributed by atoms with Crippen molar-refractivity contribution in [3.8, 4) is 0 Å². The van der Waals surface area contributed by atoms with Crippen molar-refractivity contribution in [2.45, 2.75) is 26.4 Å². The van der Waals surface area contributed by atoms with Gasteiger partial charge in [-0.3, -0.25) is 10.1 Å². The Bertz CT molecular complexity index is 495. The van der Waals surface area contributed by atoms with Gasteiger partial charge in [-0.15, -0.1) is 11.6 Å². The van der Waals surface area contributed by atoms with E-state index in [0.29, 0.717) is 10.6 Å². The Kier molecular flexibility index (Phi) is 5.20. The Balaban J connectivity index is 2.96. The molecule has 0 aliphatic rings. The lowest BCUT2D eigenvalue weighted by Gasteiger charge is -2.20. The summed E-state index contributed by atoms with van der Waals surface area (Å²) in [5.74, 6) is -0.477. The largest absolute Gasteiger partial charge is 0.444 e. The molecule has 0 unspecified atom stereocenters. The zero-order valence-corrected chi connectivity index (χ0v) is 12.4. The normalized spacial score (nSPS) is 11.0. The van der Waals surface area contributed by atoms with Crippen LogP contribution in [0.1, 0.15) is 31.1 Å². The fourth-order valence-corrected chi connectivity index (χ4v) is 1.66. The average Bonchev–Trinajstić information content (AvgIpc) is 2.25. The zero-order valence-electron chi connectivity index (χ0n) is 10.9. The molecule has 104 valence electrons. The predicted molar refractivity (Wildman–Crippen MR) is 76.4 cm³/mol. The molecule has 0 aromatic heterocycles. The van der Waals surface area contributed by atoms with Gasteiger partial charge in [0.15, 0.2) is 5.78 Å². The highest BCUT2D eigenvalue weighted by molar-refractivity contribution is 6.33. The lowest BCUT2D eigenvalue weighted by molar-refractivity contribution is 0.0636. The molecule has 1 rings (SSSR count). The van der Waals surface area contributed by atoms with Gasteiger partial charge in [-0.1, -0.05) is 11.6 Å². The minimum Gasteiger partial charge on any atom is -0.444 e. The van der Waals surface area contributed by atoms with E-state index in [4.69, 9.17) is 27.9 Å². The quantitative estimate of drug-likeness (QED) is 0.675. The van der Waals surface area contributed by atoms with Crippen LogP contribution in [-0.2, 0) is 4.74 Å². The maximum atomic E-state index is 11.7. The molecule has 1 aromatic rings. The number of ketones is 1. The minimum atomic E-state index is -0.654. The van der Waals surface area contributed by atoms with Crippen molar-refractivity contribution in [2.75, 3.05) is 11.2 Å². The summed E-state index contributed by atoms with van der Waals surface area (Å²) < 4.78 is 5.11. The van der Waals surface area contributed by atoms with Crippen molar-refractivity contribution in [3.05, 3.63) is 28.8 Å². The number of carbonyl (C=O) groups excluding carboxylic acids is 2. The summed E-state index contributed by atoms with van der Waals surface area (Å²) in [4.78, 5) is 23.3.